The fraction of sp³-hybridized carbons (Fsp3) is 0.0625. The van der Waals surface area contributed by atoms with E-state index in [0.717, 1.165) is 17.7 Å². The van der Waals surface area contributed by atoms with Crippen molar-refractivity contribution in [3.8, 4) is 5.69 Å². The van der Waals surface area contributed by atoms with E-state index in [4.69, 9.17) is 0 Å². The molecule has 0 aliphatic heterocycles. The standard InChI is InChI=1S/C16H11F3N4O/c1-9-2-4-10(5-3-9)23-8-13(21-22-23)16(24)20-12-7-6-11(17)14(18)15(12)19/h2-8H,1H3,(H,20,24). The van der Waals surface area contributed by atoms with Crippen LogP contribution in [0.5, 0.6) is 0 Å². The van der Waals surface area contributed by atoms with Gasteiger partial charge in [-0.05, 0) is 31.2 Å². The number of nitrogens with one attached hydrogen (secondary N) is 1. The number of aromatic nitrogens is 3. The summed E-state index contributed by atoms with van der Waals surface area (Å²) in [6.07, 6.45) is 1.35. The fourth-order valence-electron chi connectivity index (χ4n) is 2.00. The van der Waals surface area contributed by atoms with Crippen molar-refractivity contribution in [2.24, 2.45) is 0 Å². The molecular formula is C16H11F3N4O. The number of nitrogens with zero attached hydrogens (tertiary/aromatic N) is 3. The predicted octanol–water partition coefficient (Wildman–Crippen LogP) is 3.25. The molecule has 1 aromatic heterocycles. The van der Waals surface area contributed by atoms with Gasteiger partial charge in [0.05, 0.1) is 17.6 Å². The molecule has 0 spiro atoms. The topological polar surface area (TPSA) is 59.8 Å². The molecule has 5 nitrogen and oxygen atoms in total. The van der Waals surface area contributed by atoms with Crippen molar-refractivity contribution in [3.63, 3.8) is 0 Å². The zero-order valence-corrected chi connectivity index (χ0v) is 12.4. The van der Waals surface area contributed by atoms with E-state index in [1.54, 1.807) is 12.1 Å². The van der Waals surface area contributed by atoms with E-state index in [9.17, 15) is 18.0 Å². The van der Waals surface area contributed by atoms with Gasteiger partial charge in [-0.3, -0.25) is 4.79 Å². The predicted molar refractivity (Wildman–Crippen MR) is 80.4 cm³/mol. The molecule has 3 aromatic rings. The van der Waals surface area contributed by atoms with Crippen molar-refractivity contribution in [2.75, 3.05) is 5.32 Å². The van der Waals surface area contributed by atoms with Crippen LogP contribution in [0.1, 0.15) is 16.1 Å². The number of benzene rings is 2. The lowest BCUT2D eigenvalue weighted by Crippen LogP contribution is -2.14. The highest BCUT2D eigenvalue weighted by molar-refractivity contribution is 6.02. The molecule has 0 atom stereocenters. The molecule has 3 rings (SSSR count). The number of aryl methyl sites for hydroxylation is 1. The largest absolute Gasteiger partial charge is 0.318 e. The van der Waals surface area contributed by atoms with Crippen LogP contribution in [-0.4, -0.2) is 20.9 Å². The average Bonchev–Trinajstić information content (AvgIpc) is 3.06. The summed E-state index contributed by atoms with van der Waals surface area (Å²) in [6.45, 7) is 1.93. The Morgan fingerprint density at radius 2 is 1.75 bits per heavy atom. The van der Waals surface area contributed by atoms with Gasteiger partial charge in [-0.25, -0.2) is 17.9 Å². The highest BCUT2D eigenvalue weighted by Crippen LogP contribution is 2.20. The van der Waals surface area contributed by atoms with Crippen LogP contribution in [0.3, 0.4) is 0 Å². The molecule has 1 N–H and O–H groups in total. The molecule has 0 saturated heterocycles. The van der Waals surface area contributed by atoms with Gasteiger partial charge >= 0.3 is 0 Å². The highest BCUT2D eigenvalue weighted by Gasteiger charge is 2.18. The number of amides is 1. The van der Waals surface area contributed by atoms with Crippen molar-refractivity contribution >= 4 is 11.6 Å². The Kier molecular flexibility index (Phi) is 4.03. The lowest BCUT2D eigenvalue weighted by Gasteiger charge is -2.05. The number of anilines is 1. The summed E-state index contributed by atoms with van der Waals surface area (Å²) in [5, 5.41) is 9.63. The molecule has 0 fully saturated rings. The first-order valence-corrected chi connectivity index (χ1v) is 6.90. The van der Waals surface area contributed by atoms with E-state index >= 15 is 0 Å². The summed E-state index contributed by atoms with van der Waals surface area (Å²) in [5.74, 6) is -5.26. The van der Waals surface area contributed by atoms with Crippen LogP contribution >= 0.6 is 0 Å². The van der Waals surface area contributed by atoms with Crippen LogP contribution < -0.4 is 5.32 Å². The van der Waals surface area contributed by atoms with E-state index in [1.807, 2.05) is 19.1 Å². The minimum Gasteiger partial charge on any atom is -0.318 e. The molecule has 122 valence electrons. The van der Waals surface area contributed by atoms with Gasteiger partial charge in [0.2, 0.25) is 0 Å². The lowest BCUT2D eigenvalue weighted by molar-refractivity contribution is 0.102. The van der Waals surface area contributed by atoms with Crippen LogP contribution in [0.25, 0.3) is 5.69 Å². The van der Waals surface area contributed by atoms with Gasteiger partial charge in [-0.1, -0.05) is 22.9 Å². The van der Waals surface area contributed by atoms with E-state index in [0.29, 0.717) is 5.69 Å². The lowest BCUT2D eigenvalue weighted by atomic mass is 10.2. The van der Waals surface area contributed by atoms with E-state index < -0.39 is 29.0 Å². The van der Waals surface area contributed by atoms with Crippen molar-refractivity contribution in [1.82, 2.24) is 15.0 Å². The maximum Gasteiger partial charge on any atom is 0.277 e. The normalized spacial score (nSPS) is 10.7. The van der Waals surface area contributed by atoms with Gasteiger partial charge < -0.3 is 5.32 Å². The smallest absolute Gasteiger partial charge is 0.277 e. The van der Waals surface area contributed by atoms with Crippen molar-refractivity contribution in [2.45, 2.75) is 6.92 Å². The Balaban J connectivity index is 1.82. The monoisotopic (exact) mass is 332 g/mol. The molecule has 0 aliphatic rings. The van der Waals surface area contributed by atoms with E-state index in [1.165, 1.54) is 10.9 Å². The third-order valence-corrected chi connectivity index (χ3v) is 3.31. The molecule has 1 amide bonds. The molecule has 24 heavy (non-hydrogen) atoms. The molecule has 0 bridgehead atoms. The molecule has 0 aliphatic carbocycles. The number of hydrogen-bond donors (Lipinski definition) is 1. The summed E-state index contributed by atoms with van der Waals surface area (Å²) in [4.78, 5) is 12.1. The SMILES string of the molecule is Cc1ccc(-n2cc(C(=O)Nc3ccc(F)c(F)c3F)nn2)cc1. The first kappa shape index (κ1) is 15.7. The Hall–Kier alpha value is -3.16. The van der Waals surface area contributed by atoms with Gasteiger partial charge in [-0.15, -0.1) is 5.10 Å². The molecule has 2 aromatic carbocycles. The van der Waals surface area contributed by atoms with Crippen molar-refractivity contribution < 1.29 is 18.0 Å². The first-order chi connectivity index (χ1) is 11.5. The quantitative estimate of drug-likeness (QED) is 0.749. The Morgan fingerprint density at radius 3 is 2.46 bits per heavy atom. The molecular weight excluding hydrogens is 321 g/mol. The summed E-state index contributed by atoms with van der Waals surface area (Å²) in [5.41, 5.74) is 1.17. The first-order valence-electron chi connectivity index (χ1n) is 6.90. The van der Waals surface area contributed by atoms with Gasteiger partial charge in [-0.2, -0.15) is 0 Å². The summed E-state index contributed by atoms with van der Waals surface area (Å²) < 4.78 is 41.0. The minimum absolute atomic E-state index is 0.0975. The Morgan fingerprint density at radius 1 is 1.04 bits per heavy atom. The Labute approximate surface area is 134 Å². The van der Waals surface area contributed by atoms with E-state index in [2.05, 4.69) is 15.6 Å². The minimum atomic E-state index is -1.66. The Bertz CT molecular complexity index is 906. The summed E-state index contributed by atoms with van der Waals surface area (Å²) in [7, 11) is 0. The van der Waals surface area contributed by atoms with Crippen molar-refractivity contribution in [3.05, 3.63) is 71.3 Å². The second-order valence-corrected chi connectivity index (χ2v) is 5.06. The second-order valence-electron chi connectivity index (χ2n) is 5.06. The van der Waals surface area contributed by atoms with Crippen LogP contribution in [-0.2, 0) is 0 Å². The van der Waals surface area contributed by atoms with Gasteiger partial charge in [0.1, 0.15) is 0 Å². The number of hydrogen-bond acceptors (Lipinski definition) is 3. The van der Waals surface area contributed by atoms with Gasteiger partial charge in [0.15, 0.2) is 23.1 Å². The van der Waals surface area contributed by atoms with Crippen LogP contribution in [0, 0.1) is 24.4 Å². The number of rotatable bonds is 3. The zero-order valence-electron chi connectivity index (χ0n) is 12.4. The maximum atomic E-state index is 13.6. The highest BCUT2D eigenvalue weighted by atomic mass is 19.2. The molecule has 0 radical (unpaired) electrons. The summed E-state index contributed by atoms with van der Waals surface area (Å²) >= 11 is 0. The number of carbonyl (C=O) groups excluding carboxylic acids is 1. The summed E-state index contributed by atoms with van der Waals surface area (Å²) in [6, 6.07) is 8.97. The van der Waals surface area contributed by atoms with Gasteiger partial charge in [0, 0.05) is 0 Å². The van der Waals surface area contributed by atoms with E-state index in [-0.39, 0.29) is 5.69 Å². The zero-order chi connectivity index (χ0) is 17.3. The molecule has 0 saturated carbocycles. The molecule has 1 heterocycles. The number of halogens is 3. The van der Waals surface area contributed by atoms with Crippen LogP contribution in [0.15, 0.2) is 42.6 Å². The van der Waals surface area contributed by atoms with Gasteiger partial charge in [0.25, 0.3) is 5.91 Å². The maximum absolute atomic E-state index is 13.6. The van der Waals surface area contributed by atoms with Crippen molar-refractivity contribution in [1.29, 1.82) is 0 Å². The fourth-order valence-corrected chi connectivity index (χ4v) is 2.00. The van der Waals surface area contributed by atoms with Crippen LogP contribution in [0.2, 0.25) is 0 Å². The molecule has 0 unspecified atom stereocenters. The third kappa shape index (κ3) is 2.98. The average molecular weight is 332 g/mol. The second kappa shape index (κ2) is 6.15. The van der Waals surface area contributed by atoms with Crippen LogP contribution in [0.4, 0.5) is 18.9 Å². The third-order valence-electron chi connectivity index (χ3n) is 3.31. The molecule has 8 heteroatoms. The number of carbonyl (C=O) groups is 1.